The van der Waals surface area contributed by atoms with Crippen LogP contribution in [0.2, 0.25) is 10.0 Å². The van der Waals surface area contributed by atoms with Gasteiger partial charge in [-0.1, -0.05) is 41.4 Å². The van der Waals surface area contributed by atoms with Crippen molar-refractivity contribution in [1.82, 2.24) is 16.0 Å². The van der Waals surface area contributed by atoms with Crippen LogP contribution in [0.1, 0.15) is 36.9 Å². The molecule has 168 valence electrons. The molecule has 31 heavy (non-hydrogen) atoms. The van der Waals surface area contributed by atoms with E-state index in [2.05, 4.69) is 20.9 Å². The Hall–Kier alpha value is -1.71. The average molecular weight is 577 g/mol. The van der Waals surface area contributed by atoms with Crippen LogP contribution in [0.25, 0.3) is 0 Å². The molecule has 0 aliphatic heterocycles. The Labute approximate surface area is 210 Å². The van der Waals surface area contributed by atoms with Gasteiger partial charge in [0.2, 0.25) is 0 Å². The van der Waals surface area contributed by atoms with Crippen molar-refractivity contribution >= 4 is 59.0 Å². The molecule has 0 spiro atoms. The van der Waals surface area contributed by atoms with E-state index < -0.39 is 0 Å². The lowest BCUT2D eigenvalue weighted by atomic mass is 10.1. The van der Waals surface area contributed by atoms with Gasteiger partial charge in [0.15, 0.2) is 12.6 Å². The number of rotatable bonds is 8. The summed E-state index contributed by atoms with van der Waals surface area (Å²) in [5.74, 6) is 1.22. The number of halogens is 3. The van der Waals surface area contributed by atoms with Crippen LogP contribution in [0.3, 0.4) is 0 Å². The minimum Gasteiger partial charge on any atom is -0.484 e. The molecular weight excluding hydrogens is 550 g/mol. The standard InChI is InChI=1S/C22H26Cl2N4O2.HI/c1-14(19-9-6-16(23)11-20(19)24)27-22(25-2)26-12-15-4-3-5-18(10-15)30-13-21(29)28-17-7-8-17;/h3-6,9-11,14,17H,7-8,12-13H2,1-2H3,(H,28,29)(H2,25,26,27);1H. The summed E-state index contributed by atoms with van der Waals surface area (Å²) in [4.78, 5) is 16.1. The summed E-state index contributed by atoms with van der Waals surface area (Å²) in [6.07, 6.45) is 2.12. The van der Waals surface area contributed by atoms with Crippen LogP contribution < -0.4 is 20.7 Å². The van der Waals surface area contributed by atoms with Gasteiger partial charge in [-0.2, -0.15) is 0 Å². The van der Waals surface area contributed by atoms with E-state index in [1.807, 2.05) is 43.3 Å². The average Bonchev–Trinajstić information content (AvgIpc) is 3.53. The number of ether oxygens (including phenoxy) is 1. The van der Waals surface area contributed by atoms with Crippen LogP contribution in [-0.2, 0) is 11.3 Å². The lowest BCUT2D eigenvalue weighted by Gasteiger charge is -2.19. The fourth-order valence-corrected chi connectivity index (χ4v) is 3.48. The monoisotopic (exact) mass is 576 g/mol. The number of guanidine groups is 1. The molecule has 1 unspecified atom stereocenters. The molecule has 0 heterocycles. The smallest absolute Gasteiger partial charge is 0.258 e. The second kappa shape index (κ2) is 12.4. The van der Waals surface area contributed by atoms with Crippen LogP contribution in [0.15, 0.2) is 47.5 Å². The third-order valence-corrected chi connectivity index (χ3v) is 5.24. The summed E-state index contributed by atoms with van der Waals surface area (Å²) < 4.78 is 5.60. The molecule has 3 rings (SSSR count). The highest BCUT2D eigenvalue weighted by Gasteiger charge is 2.23. The predicted molar refractivity (Wildman–Crippen MR) is 137 cm³/mol. The van der Waals surface area contributed by atoms with E-state index >= 15 is 0 Å². The quantitative estimate of drug-likeness (QED) is 0.242. The molecule has 3 N–H and O–H groups in total. The number of hydrogen-bond acceptors (Lipinski definition) is 3. The van der Waals surface area contributed by atoms with Gasteiger partial charge >= 0.3 is 0 Å². The van der Waals surface area contributed by atoms with Gasteiger partial charge in [0.05, 0.1) is 6.04 Å². The molecule has 0 radical (unpaired) electrons. The maximum absolute atomic E-state index is 11.8. The lowest BCUT2D eigenvalue weighted by Crippen LogP contribution is -2.38. The molecule has 2 aromatic carbocycles. The van der Waals surface area contributed by atoms with Gasteiger partial charge in [0, 0.05) is 29.7 Å². The predicted octanol–water partition coefficient (Wildman–Crippen LogP) is 4.70. The molecule has 9 heteroatoms. The van der Waals surface area contributed by atoms with Crippen molar-refractivity contribution in [3.63, 3.8) is 0 Å². The summed E-state index contributed by atoms with van der Waals surface area (Å²) in [5, 5.41) is 10.7. The number of aliphatic imine (C=N–C) groups is 1. The van der Waals surface area contributed by atoms with Crippen LogP contribution in [0.5, 0.6) is 5.75 Å². The van der Waals surface area contributed by atoms with E-state index in [4.69, 9.17) is 27.9 Å². The van der Waals surface area contributed by atoms with Crippen molar-refractivity contribution in [2.24, 2.45) is 4.99 Å². The minimum atomic E-state index is -0.0829. The van der Waals surface area contributed by atoms with Gasteiger partial charge < -0.3 is 20.7 Å². The molecule has 2 aromatic rings. The third-order valence-electron chi connectivity index (χ3n) is 4.68. The normalized spacial score (nSPS) is 14.3. The highest BCUT2D eigenvalue weighted by Crippen LogP contribution is 2.26. The van der Waals surface area contributed by atoms with E-state index in [0.29, 0.717) is 34.3 Å². The van der Waals surface area contributed by atoms with Gasteiger partial charge in [-0.15, -0.1) is 24.0 Å². The number of benzene rings is 2. The molecule has 0 bridgehead atoms. The molecule has 1 saturated carbocycles. The molecule has 0 saturated heterocycles. The third kappa shape index (κ3) is 8.38. The maximum Gasteiger partial charge on any atom is 0.258 e. The van der Waals surface area contributed by atoms with Crippen molar-refractivity contribution in [2.45, 2.75) is 38.4 Å². The molecule has 1 atom stereocenters. The Morgan fingerprint density at radius 1 is 1.23 bits per heavy atom. The summed E-state index contributed by atoms with van der Waals surface area (Å²) in [6.45, 7) is 2.57. The molecule has 1 fully saturated rings. The Bertz CT molecular complexity index is 922. The highest BCUT2D eigenvalue weighted by molar-refractivity contribution is 14.0. The summed E-state index contributed by atoms with van der Waals surface area (Å²) >= 11 is 12.3. The zero-order valence-corrected chi connectivity index (χ0v) is 21.3. The molecule has 1 amide bonds. The topological polar surface area (TPSA) is 74.8 Å². The van der Waals surface area contributed by atoms with Crippen LogP contribution in [0.4, 0.5) is 0 Å². The van der Waals surface area contributed by atoms with E-state index in [9.17, 15) is 4.79 Å². The first-order valence-corrected chi connectivity index (χ1v) is 10.6. The van der Waals surface area contributed by atoms with E-state index in [0.717, 1.165) is 24.0 Å². The van der Waals surface area contributed by atoms with Gasteiger partial charge in [0.25, 0.3) is 5.91 Å². The van der Waals surface area contributed by atoms with Crippen molar-refractivity contribution in [3.05, 3.63) is 63.6 Å². The molecule has 6 nitrogen and oxygen atoms in total. The SMILES string of the molecule is CN=C(NCc1cccc(OCC(=O)NC2CC2)c1)NC(C)c1ccc(Cl)cc1Cl.I. The van der Waals surface area contributed by atoms with Crippen molar-refractivity contribution in [2.75, 3.05) is 13.7 Å². The lowest BCUT2D eigenvalue weighted by molar-refractivity contribution is -0.123. The molecule has 0 aromatic heterocycles. The number of amides is 1. The van der Waals surface area contributed by atoms with Gasteiger partial charge in [-0.25, -0.2) is 0 Å². The second-order valence-corrected chi connectivity index (χ2v) is 8.08. The van der Waals surface area contributed by atoms with Crippen molar-refractivity contribution in [3.8, 4) is 5.75 Å². The Morgan fingerprint density at radius 3 is 2.68 bits per heavy atom. The Balaban J connectivity index is 0.00000341. The first kappa shape index (κ1) is 25.5. The number of nitrogens with one attached hydrogen (secondary N) is 3. The number of nitrogens with zero attached hydrogens (tertiary/aromatic N) is 1. The molecule has 1 aliphatic rings. The summed E-state index contributed by atoms with van der Waals surface area (Å²) in [6, 6.07) is 13.3. The van der Waals surface area contributed by atoms with E-state index in [-0.39, 0.29) is 42.5 Å². The van der Waals surface area contributed by atoms with E-state index in [1.165, 1.54) is 0 Å². The highest BCUT2D eigenvalue weighted by atomic mass is 127. The number of carbonyl (C=O) groups excluding carboxylic acids is 1. The van der Waals surface area contributed by atoms with Gasteiger partial charge in [-0.05, 0) is 55.2 Å². The first-order valence-electron chi connectivity index (χ1n) is 9.88. The second-order valence-electron chi connectivity index (χ2n) is 7.24. The fourth-order valence-electron chi connectivity index (χ4n) is 2.91. The summed E-state index contributed by atoms with van der Waals surface area (Å²) in [5.41, 5.74) is 1.94. The van der Waals surface area contributed by atoms with Crippen molar-refractivity contribution < 1.29 is 9.53 Å². The van der Waals surface area contributed by atoms with Crippen LogP contribution in [-0.4, -0.2) is 31.6 Å². The van der Waals surface area contributed by atoms with Crippen LogP contribution in [0, 0.1) is 0 Å². The molecule has 1 aliphatic carbocycles. The van der Waals surface area contributed by atoms with Gasteiger partial charge in [-0.3, -0.25) is 9.79 Å². The fraction of sp³-hybridized carbons (Fsp3) is 0.364. The Kier molecular flexibility index (Phi) is 10.2. The number of hydrogen-bond donors (Lipinski definition) is 3. The largest absolute Gasteiger partial charge is 0.484 e. The summed E-state index contributed by atoms with van der Waals surface area (Å²) in [7, 11) is 1.71. The molecular formula is C22H27Cl2IN4O2. The van der Waals surface area contributed by atoms with Crippen molar-refractivity contribution in [1.29, 1.82) is 0 Å². The zero-order valence-electron chi connectivity index (χ0n) is 17.5. The minimum absolute atomic E-state index is 0. The van der Waals surface area contributed by atoms with Gasteiger partial charge in [0.1, 0.15) is 5.75 Å². The number of carbonyl (C=O) groups is 1. The van der Waals surface area contributed by atoms with E-state index in [1.54, 1.807) is 13.1 Å². The zero-order chi connectivity index (χ0) is 21.5. The maximum atomic E-state index is 11.8. The Morgan fingerprint density at radius 2 is 2.00 bits per heavy atom. The van der Waals surface area contributed by atoms with Crippen LogP contribution >= 0.6 is 47.2 Å². The first-order chi connectivity index (χ1) is 14.4.